The van der Waals surface area contributed by atoms with Gasteiger partial charge in [-0.3, -0.25) is 10.1 Å². The fraction of sp³-hybridized carbons (Fsp3) is 0.385. The number of nitrogens with one attached hydrogen (secondary N) is 2. The quantitative estimate of drug-likeness (QED) is 0.736. The molecule has 104 valence electrons. The van der Waals surface area contributed by atoms with Crippen molar-refractivity contribution in [2.24, 2.45) is 0 Å². The zero-order valence-electron chi connectivity index (χ0n) is 11.0. The van der Waals surface area contributed by atoms with Crippen molar-refractivity contribution >= 4 is 23.4 Å². The summed E-state index contributed by atoms with van der Waals surface area (Å²) in [5, 5.41) is 14.3. The highest BCUT2D eigenvalue weighted by Gasteiger charge is 2.06. The molecule has 0 saturated heterocycles. The van der Waals surface area contributed by atoms with E-state index in [9.17, 15) is 9.59 Å². The predicted octanol–water partition coefficient (Wildman–Crippen LogP) is 2.53. The van der Waals surface area contributed by atoms with Crippen LogP contribution in [0.5, 0.6) is 0 Å². The smallest absolute Gasteiger partial charge is 0.411 e. The van der Waals surface area contributed by atoms with Crippen molar-refractivity contribution in [3.8, 4) is 0 Å². The summed E-state index contributed by atoms with van der Waals surface area (Å²) in [4.78, 5) is 21.5. The maximum Gasteiger partial charge on any atom is 0.411 e. The lowest BCUT2D eigenvalue weighted by atomic mass is 10.1. The number of carbonyl (C=O) groups is 2. The Morgan fingerprint density at radius 1 is 1.37 bits per heavy atom. The van der Waals surface area contributed by atoms with E-state index in [2.05, 4.69) is 15.4 Å². The van der Waals surface area contributed by atoms with E-state index in [0.29, 0.717) is 12.1 Å². The Hall–Kier alpha value is -2.24. The van der Waals surface area contributed by atoms with Gasteiger partial charge in [-0.15, -0.1) is 0 Å². The van der Waals surface area contributed by atoms with Crippen LogP contribution in [-0.2, 0) is 9.53 Å². The van der Waals surface area contributed by atoms with Crippen LogP contribution in [0.2, 0.25) is 0 Å². The maximum atomic E-state index is 11.1. The Morgan fingerprint density at radius 3 is 2.68 bits per heavy atom. The van der Waals surface area contributed by atoms with Gasteiger partial charge in [0.15, 0.2) is 0 Å². The van der Waals surface area contributed by atoms with Gasteiger partial charge in [0.25, 0.3) is 0 Å². The number of benzene rings is 1. The number of rotatable bonds is 6. The summed E-state index contributed by atoms with van der Waals surface area (Å²) >= 11 is 0. The number of amides is 1. The minimum atomic E-state index is -0.810. The van der Waals surface area contributed by atoms with Crippen molar-refractivity contribution in [1.29, 1.82) is 0 Å². The minimum absolute atomic E-state index is 0.0319. The van der Waals surface area contributed by atoms with E-state index in [1.165, 1.54) is 7.11 Å². The van der Waals surface area contributed by atoms with Crippen molar-refractivity contribution < 1.29 is 19.4 Å². The number of carbonyl (C=O) groups excluding carboxylic acids is 1. The number of carboxylic acids is 1. The molecular weight excluding hydrogens is 248 g/mol. The molecule has 1 unspecified atom stereocenters. The largest absolute Gasteiger partial charge is 0.481 e. The summed E-state index contributed by atoms with van der Waals surface area (Å²) in [5.74, 6) is -0.810. The zero-order chi connectivity index (χ0) is 14.3. The van der Waals surface area contributed by atoms with Gasteiger partial charge < -0.3 is 15.2 Å². The van der Waals surface area contributed by atoms with E-state index >= 15 is 0 Å². The Morgan fingerprint density at radius 2 is 2.05 bits per heavy atom. The number of carboxylic acid groups (broad SMARTS) is 1. The average Bonchev–Trinajstić information content (AvgIpc) is 2.36. The molecule has 0 saturated carbocycles. The standard InChI is InChI=1S/C13H18N2O4/c1-9(6-7-12(16)17)14-10-4-3-5-11(8-10)15-13(18)19-2/h3-5,8-9,14H,6-7H2,1-2H3,(H,15,18)(H,16,17). The van der Waals surface area contributed by atoms with Crippen LogP contribution in [0, 0.1) is 0 Å². The molecule has 1 amide bonds. The number of anilines is 2. The van der Waals surface area contributed by atoms with Crippen molar-refractivity contribution in [2.75, 3.05) is 17.7 Å². The number of hydrogen-bond donors (Lipinski definition) is 3. The van der Waals surface area contributed by atoms with Crippen molar-refractivity contribution in [3.63, 3.8) is 0 Å². The molecule has 6 nitrogen and oxygen atoms in total. The van der Waals surface area contributed by atoms with E-state index in [1.807, 2.05) is 13.0 Å². The van der Waals surface area contributed by atoms with Crippen LogP contribution in [0.4, 0.5) is 16.2 Å². The second kappa shape index (κ2) is 7.25. The molecule has 1 rings (SSSR count). The number of ether oxygens (including phenoxy) is 1. The van der Waals surface area contributed by atoms with Crippen LogP contribution in [-0.4, -0.2) is 30.3 Å². The SMILES string of the molecule is COC(=O)Nc1cccc(NC(C)CCC(=O)O)c1. The first kappa shape index (κ1) is 14.8. The Kier molecular flexibility index (Phi) is 5.66. The number of aliphatic carboxylic acids is 1. The van der Waals surface area contributed by atoms with Crippen molar-refractivity contribution in [2.45, 2.75) is 25.8 Å². The molecule has 0 radical (unpaired) electrons. The molecule has 1 aromatic rings. The Labute approximate surface area is 111 Å². The maximum absolute atomic E-state index is 11.1. The molecule has 0 aromatic heterocycles. The summed E-state index contributed by atoms with van der Waals surface area (Å²) in [6.07, 6.45) is 0.120. The summed E-state index contributed by atoms with van der Waals surface area (Å²) in [7, 11) is 1.30. The van der Waals surface area contributed by atoms with Crippen molar-refractivity contribution in [3.05, 3.63) is 24.3 Å². The molecule has 1 atom stereocenters. The molecule has 0 aliphatic heterocycles. The average molecular weight is 266 g/mol. The van der Waals surface area contributed by atoms with E-state index in [4.69, 9.17) is 5.11 Å². The highest BCUT2D eigenvalue weighted by molar-refractivity contribution is 5.85. The Bertz CT molecular complexity index is 448. The third kappa shape index (κ3) is 5.76. The van der Waals surface area contributed by atoms with E-state index in [0.717, 1.165) is 5.69 Å². The normalized spacial score (nSPS) is 11.5. The third-order valence-electron chi connectivity index (χ3n) is 2.50. The van der Waals surface area contributed by atoms with Gasteiger partial charge in [-0.05, 0) is 31.5 Å². The molecule has 1 aromatic carbocycles. The number of hydrogen-bond acceptors (Lipinski definition) is 4. The molecular formula is C13H18N2O4. The van der Waals surface area contributed by atoms with Gasteiger partial charge in [-0.25, -0.2) is 4.79 Å². The Balaban J connectivity index is 2.56. The van der Waals surface area contributed by atoms with Crippen molar-refractivity contribution in [1.82, 2.24) is 0 Å². The van der Waals surface area contributed by atoms with Crippen LogP contribution in [0.1, 0.15) is 19.8 Å². The molecule has 0 aliphatic rings. The van der Waals surface area contributed by atoms with Gasteiger partial charge in [0.2, 0.25) is 0 Å². The second-order valence-electron chi connectivity index (χ2n) is 4.18. The first-order chi connectivity index (χ1) is 9.01. The van der Waals surface area contributed by atoms with Crippen LogP contribution in [0.25, 0.3) is 0 Å². The van der Waals surface area contributed by atoms with Gasteiger partial charge >= 0.3 is 12.1 Å². The van der Waals surface area contributed by atoms with E-state index in [-0.39, 0.29) is 12.5 Å². The molecule has 0 heterocycles. The fourth-order valence-electron chi connectivity index (χ4n) is 1.55. The first-order valence-electron chi connectivity index (χ1n) is 5.94. The third-order valence-corrected chi connectivity index (χ3v) is 2.50. The van der Waals surface area contributed by atoms with Gasteiger partial charge in [0.05, 0.1) is 7.11 Å². The van der Waals surface area contributed by atoms with E-state index < -0.39 is 12.1 Å². The summed E-state index contributed by atoms with van der Waals surface area (Å²) < 4.78 is 4.50. The van der Waals surface area contributed by atoms with Gasteiger partial charge in [-0.2, -0.15) is 0 Å². The summed E-state index contributed by atoms with van der Waals surface area (Å²) in [5.41, 5.74) is 1.43. The van der Waals surface area contributed by atoms with Crippen LogP contribution >= 0.6 is 0 Å². The summed E-state index contributed by atoms with van der Waals surface area (Å²) in [6.45, 7) is 1.91. The van der Waals surface area contributed by atoms with E-state index in [1.54, 1.807) is 18.2 Å². The second-order valence-corrected chi connectivity index (χ2v) is 4.18. The number of methoxy groups -OCH3 is 1. The lowest BCUT2D eigenvalue weighted by molar-refractivity contribution is -0.137. The van der Waals surface area contributed by atoms with Gasteiger partial charge in [0.1, 0.15) is 0 Å². The predicted molar refractivity (Wildman–Crippen MR) is 72.4 cm³/mol. The fourth-order valence-corrected chi connectivity index (χ4v) is 1.55. The zero-order valence-corrected chi connectivity index (χ0v) is 11.0. The minimum Gasteiger partial charge on any atom is -0.481 e. The molecule has 19 heavy (non-hydrogen) atoms. The summed E-state index contributed by atoms with van der Waals surface area (Å²) in [6, 6.07) is 7.17. The highest BCUT2D eigenvalue weighted by Crippen LogP contribution is 2.17. The molecule has 0 fully saturated rings. The molecule has 0 bridgehead atoms. The molecule has 6 heteroatoms. The van der Waals surface area contributed by atoms with Crippen LogP contribution < -0.4 is 10.6 Å². The van der Waals surface area contributed by atoms with Crippen LogP contribution in [0.3, 0.4) is 0 Å². The monoisotopic (exact) mass is 266 g/mol. The lowest BCUT2D eigenvalue weighted by Gasteiger charge is -2.15. The topological polar surface area (TPSA) is 87.7 Å². The highest BCUT2D eigenvalue weighted by atomic mass is 16.5. The first-order valence-corrected chi connectivity index (χ1v) is 5.94. The van der Waals surface area contributed by atoms with Gasteiger partial charge in [0, 0.05) is 23.8 Å². The van der Waals surface area contributed by atoms with Gasteiger partial charge in [-0.1, -0.05) is 6.07 Å². The molecule has 0 aliphatic carbocycles. The lowest BCUT2D eigenvalue weighted by Crippen LogP contribution is -2.17. The van der Waals surface area contributed by atoms with Crippen LogP contribution in [0.15, 0.2) is 24.3 Å². The molecule has 0 spiro atoms. The molecule has 3 N–H and O–H groups in total.